The van der Waals surface area contributed by atoms with Crippen LogP contribution in [0.1, 0.15) is 42.1 Å². The van der Waals surface area contributed by atoms with Crippen molar-refractivity contribution < 1.29 is 14.3 Å². The van der Waals surface area contributed by atoms with Gasteiger partial charge in [-0.1, -0.05) is 41.4 Å². The van der Waals surface area contributed by atoms with Crippen LogP contribution < -0.4 is 14.4 Å². The third-order valence-corrected chi connectivity index (χ3v) is 5.72. The molecule has 4 nitrogen and oxygen atoms in total. The van der Waals surface area contributed by atoms with Crippen LogP contribution in [0.25, 0.3) is 0 Å². The van der Waals surface area contributed by atoms with Crippen molar-refractivity contribution in [2.24, 2.45) is 0 Å². The van der Waals surface area contributed by atoms with E-state index in [1.165, 1.54) is 0 Å². The molecule has 0 spiro atoms. The van der Waals surface area contributed by atoms with E-state index in [9.17, 15) is 4.79 Å². The lowest BCUT2D eigenvalue weighted by Crippen LogP contribution is -2.41. The highest BCUT2D eigenvalue weighted by atomic mass is 35.5. The normalized spacial score (nSPS) is 15.5. The van der Waals surface area contributed by atoms with Gasteiger partial charge in [-0.3, -0.25) is 4.79 Å². The molecule has 0 aromatic heterocycles. The van der Waals surface area contributed by atoms with Gasteiger partial charge in [0.15, 0.2) is 11.5 Å². The Hall–Kier alpha value is -2.98. The second-order valence-corrected chi connectivity index (χ2v) is 8.03. The number of fused-ring (bicyclic) bond motifs is 1. The third-order valence-electron chi connectivity index (χ3n) is 5.47. The summed E-state index contributed by atoms with van der Waals surface area (Å²) in [5, 5.41) is 0.662. The maximum absolute atomic E-state index is 13.4. The Morgan fingerprint density at radius 3 is 2.16 bits per heavy atom. The first kappa shape index (κ1) is 21.3. The van der Waals surface area contributed by atoms with Crippen LogP contribution in [0.3, 0.4) is 0 Å². The summed E-state index contributed by atoms with van der Waals surface area (Å²) in [6, 6.07) is 19.4. The smallest absolute Gasteiger partial charge is 0.232 e. The van der Waals surface area contributed by atoms with Crippen molar-refractivity contribution in [2.45, 2.75) is 33.2 Å². The van der Waals surface area contributed by atoms with Crippen LogP contribution in [-0.2, 0) is 11.2 Å². The molecule has 0 saturated heterocycles. The molecule has 1 amide bonds. The Morgan fingerprint density at radius 1 is 0.935 bits per heavy atom. The van der Waals surface area contributed by atoms with E-state index in [4.69, 9.17) is 21.1 Å². The summed E-state index contributed by atoms with van der Waals surface area (Å²) in [6.45, 7) is 7.00. The van der Waals surface area contributed by atoms with E-state index in [1.807, 2.05) is 86.3 Å². The Balaban J connectivity index is 1.91. The fraction of sp³-hybridized carbons (Fsp3) is 0.269. The fourth-order valence-corrected chi connectivity index (χ4v) is 4.19. The largest absolute Gasteiger partial charge is 0.490 e. The number of aryl methyl sites for hydroxylation is 1. The van der Waals surface area contributed by atoms with Gasteiger partial charge in [-0.25, -0.2) is 0 Å². The number of hydrogen-bond acceptors (Lipinski definition) is 3. The number of carbonyl (C=O) groups excluding carboxylic acids is 1. The zero-order valence-electron chi connectivity index (χ0n) is 18.0. The van der Waals surface area contributed by atoms with Crippen molar-refractivity contribution >= 4 is 23.2 Å². The Kier molecular flexibility index (Phi) is 6.19. The lowest BCUT2D eigenvalue weighted by atomic mass is 9.86. The maximum Gasteiger partial charge on any atom is 0.232 e. The molecule has 1 atom stereocenters. The Bertz CT molecular complexity index is 1080. The molecule has 0 unspecified atom stereocenters. The monoisotopic (exact) mass is 435 g/mol. The molecule has 0 radical (unpaired) electrons. The molecule has 0 saturated carbocycles. The molecule has 160 valence electrons. The van der Waals surface area contributed by atoms with Crippen LogP contribution in [0.15, 0.2) is 60.7 Å². The van der Waals surface area contributed by atoms with Gasteiger partial charge < -0.3 is 14.4 Å². The molecule has 1 heterocycles. The Morgan fingerprint density at radius 2 is 1.55 bits per heavy atom. The maximum atomic E-state index is 13.4. The first-order valence-corrected chi connectivity index (χ1v) is 11.0. The summed E-state index contributed by atoms with van der Waals surface area (Å²) in [7, 11) is 0. The average molecular weight is 436 g/mol. The van der Waals surface area contributed by atoms with Gasteiger partial charge in [0.25, 0.3) is 0 Å². The number of rotatable bonds is 6. The van der Waals surface area contributed by atoms with Crippen LogP contribution >= 0.6 is 11.6 Å². The summed E-state index contributed by atoms with van der Waals surface area (Å²) >= 11 is 6.16. The molecule has 4 rings (SSSR count). The van der Waals surface area contributed by atoms with Crippen LogP contribution in [-0.4, -0.2) is 19.1 Å². The van der Waals surface area contributed by atoms with Gasteiger partial charge in [-0.2, -0.15) is 0 Å². The molecule has 0 bridgehead atoms. The van der Waals surface area contributed by atoms with Gasteiger partial charge in [0.05, 0.1) is 25.7 Å². The quantitative estimate of drug-likeness (QED) is 0.467. The van der Waals surface area contributed by atoms with E-state index >= 15 is 0 Å². The molecule has 3 aromatic rings. The molecule has 0 N–H and O–H groups in total. The summed E-state index contributed by atoms with van der Waals surface area (Å²) < 4.78 is 11.7. The van der Waals surface area contributed by atoms with Crippen molar-refractivity contribution in [3.8, 4) is 11.5 Å². The number of nitrogens with zero attached hydrogens (tertiary/aromatic N) is 1. The third kappa shape index (κ3) is 4.26. The summed E-state index contributed by atoms with van der Waals surface area (Å²) in [4.78, 5) is 15.3. The van der Waals surface area contributed by atoms with Crippen LogP contribution in [0.2, 0.25) is 5.02 Å². The molecule has 31 heavy (non-hydrogen) atoms. The minimum atomic E-state index is -0.286. The number of ether oxygens (including phenoxy) is 2. The van der Waals surface area contributed by atoms with Gasteiger partial charge >= 0.3 is 0 Å². The first-order chi connectivity index (χ1) is 15.0. The van der Waals surface area contributed by atoms with E-state index < -0.39 is 0 Å². The predicted molar refractivity (Wildman–Crippen MR) is 124 cm³/mol. The fourth-order valence-electron chi connectivity index (χ4n) is 4.07. The summed E-state index contributed by atoms with van der Waals surface area (Å²) in [6.07, 6.45) is 0.305. The molecule has 3 aromatic carbocycles. The predicted octanol–water partition coefficient (Wildman–Crippen LogP) is 6.12. The second-order valence-electron chi connectivity index (χ2n) is 7.59. The van der Waals surface area contributed by atoms with Gasteiger partial charge in [0, 0.05) is 10.7 Å². The van der Waals surface area contributed by atoms with E-state index in [-0.39, 0.29) is 11.9 Å². The van der Waals surface area contributed by atoms with Crippen molar-refractivity contribution in [3.63, 3.8) is 0 Å². The van der Waals surface area contributed by atoms with Crippen molar-refractivity contribution in [3.05, 3.63) is 87.9 Å². The molecular formula is C26H26ClNO3. The van der Waals surface area contributed by atoms with E-state index in [0.717, 1.165) is 27.9 Å². The molecule has 1 aliphatic rings. The highest BCUT2D eigenvalue weighted by molar-refractivity contribution is 6.30. The number of halogens is 1. The van der Waals surface area contributed by atoms with Crippen molar-refractivity contribution in [1.82, 2.24) is 0 Å². The highest BCUT2D eigenvalue weighted by Gasteiger charge is 2.36. The van der Waals surface area contributed by atoms with Gasteiger partial charge in [-0.05, 0) is 73.9 Å². The van der Waals surface area contributed by atoms with Gasteiger partial charge in [-0.15, -0.1) is 0 Å². The molecule has 5 heteroatoms. The minimum Gasteiger partial charge on any atom is -0.490 e. The second kappa shape index (κ2) is 9.03. The number of benzene rings is 3. The van der Waals surface area contributed by atoms with Gasteiger partial charge in [0.1, 0.15) is 0 Å². The van der Waals surface area contributed by atoms with Gasteiger partial charge in [0.2, 0.25) is 5.91 Å². The standard InChI is InChI=1S/C26H26ClNO3/c1-4-30-23-14-19-15-25(29)28(21-12-6-17(3)7-13-21)26(18-8-10-20(27)11-9-18)22(19)16-24(23)31-5-2/h6-14,16,26H,4-5,15H2,1-3H3/t26-/m0/s1. The molecule has 1 aliphatic heterocycles. The van der Waals surface area contributed by atoms with E-state index in [2.05, 4.69) is 0 Å². The highest BCUT2D eigenvalue weighted by Crippen LogP contribution is 2.43. The van der Waals surface area contributed by atoms with E-state index in [0.29, 0.717) is 36.2 Å². The molecule has 0 aliphatic carbocycles. The topological polar surface area (TPSA) is 38.8 Å². The number of anilines is 1. The lowest BCUT2D eigenvalue weighted by Gasteiger charge is -2.38. The lowest BCUT2D eigenvalue weighted by molar-refractivity contribution is -0.118. The van der Waals surface area contributed by atoms with Crippen LogP contribution in [0.5, 0.6) is 11.5 Å². The number of hydrogen-bond donors (Lipinski definition) is 0. The summed E-state index contributed by atoms with van der Waals surface area (Å²) in [5.41, 5.74) is 5.00. The SMILES string of the molecule is CCOc1cc2c(cc1OCC)[C@H](c1ccc(Cl)cc1)N(c1ccc(C)cc1)C(=O)C2. The van der Waals surface area contributed by atoms with Crippen LogP contribution in [0, 0.1) is 6.92 Å². The molecular weight excluding hydrogens is 410 g/mol. The zero-order chi connectivity index (χ0) is 22.0. The number of carbonyl (C=O) groups is 1. The number of amides is 1. The first-order valence-electron chi connectivity index (χ1n) is 10.6. The summed E-state index contributed by atoms with van der Waals surface area (Å²) in [5.74, 6) is 1.41. The molecule has 0 fully saturated rings. The van der Waals surface area contributed by atoms with Crippen molar-refractivity contribution in [1.29, 1.82) is 0 Å². The zero-order valence-corrected chi connectivity index (χ0v) is 18.8. The van der Waals surface area contributed by atoms with Crippen LogP contribution in [0.4, 0.5) is 5.69 Å². The van der Waals surface area contributed by atoms with Crippen molar-refractivity contribution in [2.75, 3.05) is 18.1 Å². The Labute approximate surface area is 188 Å². The minimum absolute atomic E-state index is 0.0444. The average Bonchev–Trinajstić information content (AvgIpc) is 2.75. The van der Waals surface area contributed by atoms with E-state index in [1.54, 1.807) is 0 Å².